The molecule has 0 saturated heterocycles. The molecule has 1 aromatic rings. The molecule has 1 aliphatic heterocycles. The van der Waals surface area contributed by atoms with Gasteiger partial charge < -0.3 is 20.9 Å². The lowest BCUT2D eigenvalue weighted by atomic mass is 10.1. The molecule has 0 aromatic carbocycles. The minimum Gasteiger partial charge on any atom is -0.393 e. The van der Waals surface area contributed by atoms with Crippen molar-refractivity contribution in [2.24, 2.45) is 5.73 Å². The van der Waals surface area contributed by atoms with Gasteiger partial charge in [-0.05, 0) is 32.0 Å². The molecule has 0 saturated carbocycles. The number of rotatable bonds is 14. The highest BCUT2D eigenvalue weighted by Gasteiger charge is 2.21. The lowest BCUT2D eigenvalue weighted by Gasteiger charge is -2.15. The molecule has 0 aliphatic carbocycles. The van der Waals surface area contributed by atoms with E-state index in [1.54, 1.807) is 12.2 Å². The Morgan fingerprint density at radius 3 is 2.39 bits per heavy atom. The highest BCUT2D eigenvalue weighted by atomic mass is 16.5. The summed E-state index contributed by atoms with van der Waals surface area (Å²) in [5, 5.41) is 12.4. The fraction of sp³-hybridized carbons (Fsp3) is 0.700. The summed E-state index contributed by atoms with van der Waals surface area (Å²) in [6.45, 7) is 1.87. The van der Waals surface area contributed by atoms with Gasteiger partial charge in [0.05, 0.1) is 6.61 Å². The van der Waals surface area contributed by atoms with Crippen LogP contribution in [0.2, 0.25) is 0 Å². The predicted molar refractivity (Wildman–Crippen MR) is 109 cm³/mol. The molecule has 1 aliphatic rings. The minimum absolute atomic E-state index is 0.146. The number of ether oxygens (including phenoxy) is 1. The van der Waals surface area contributed by atoms with Crippen LogP contribution >= 0.6 is 0 Å². The number of nitrogens with zero attached hydrogens (tertiary/aromatic N) is 1. The van der Waals surface area contributed by atoms with Crippen molar-refractivity contribution in [2.75, 3.05) is 19.7 Å². The summed E-state index contributed by atoms with van der Waals surface area (Å²) in [6, 6.07) is 0. The maximum Gasteiger partial charge on any atom is 0.330 e. The van der Waals surface area contributed by atoms with Crippen LogP contribution in [0.1, 0.15) is 63.2 Å². The minimum atomic E-state index is -0.606. The Morgan fingerprint density at radius 1 is 1.07 bits per heavy atom. The van der Waals surface area contributed by atoms with Crippen LogP contribution in [0.15, 0.2) is 27.9 Å². The van der Waals surface area contributed by atoms with Crippen molar-refractivity contribution in [3.05, 3.63) is 44.8 Å². The molecule has 1 aromatic heterocycles. The largest absolute Gasteiger partial charge is 0.393 e. The van der Waals surface area contributed by atoms with E-state index in [-0.39, 0.29) is 12.2 Å². The Morgan fingerprint density at radius 2 is 1.75 bits per heavy atom. The summed E-state index contributed by atoms with van der Waals surface area (Å²) in [6.07, 6.45) is 13.5. The summed E-state index contributed by atoms with van der Waals surface area (Å²) in [7, 11) is 0. The van der Waals surface area contributed by atoms with Crippen molar-refractivity contribution < 1.29 is 9.84 Å². The quantitative estimate of drug-likeness (QED) is 0.277. The summed E-state index contributed by atoms with van der Waals surface area (Å²) in [5.41, 5.74) is 5.07. The fourth-order valence-corrected chi connectivity index (χ4v) is 3.27. The Kier molecular flexibility index (Phi) is 10.2. The van der Waals surface area contributed by atoms with Gasteiger partial charge in [0.15, 0.2) is 6.23 Å². The zero-order chi connectivity index (χ0) is 20.2. The average Bonchev–Trinajstić information content (AvgIpc) is 3.16. The van der Waals surface area contributed by atoms with Gasteiger partial charge in [0.1, 0.15) is 6.10 Å². The zero-order valence-electron chi connectivity index (χ0n) is 16.6. The molecular weight excluding hydrogens is 360 g/mol. The number of aromatic amines is 1. The molecule has 0 spiro atoms. The number of aliphatic hydroxyl groups excluding tert-OH is 1. The number of aliphatic hydroxyl groups is 1. The van der Waals surface area contributed by atoms with E-state index in [2.05, 4.69) is 10.3 Å². The first kappa shape index (κ1) is 22.5. The van der Waals surface area contributed by atoms with Crippen LogP contribution in [-0.2, 0) is 11.3 Å². The summed E-state index contributed by atoms with van der Waals surface area (Å²) < 4.78 is 6.88. The summed E-state index contributed by atoms with van der Waals surface area (Å²) in [5.74, 6) is 0. The van der Waals surface area contributed by atoms with Crippen molar-refractivity contribution in [2.45, 2.75) is 70.2 Å². The van der Waals surface area contributed by atoms with Gasteiger partial charge in [-0.15, -0.1) is 0 Å². The normalized spacial score (nSPS) is 18.8. The smallest absolute Gasteiger partial charge is 0.330 e. The second-order valence-electron chi connectivity index (χ2n) is 7.25. The lowest BCUT2D eigenvalue weighted by molar-refractivity contribution is -0.0104. The number of H-pyrrole nitrogens is 1. The van der Waals surface area contributed by atoms with Crippen LogP contribution in [0.25, 0.3) is 0 Å². The van der Waals surface area contributed by atoms with Gasteiger partial charge in [0, 0.05) is 18.3 Å². The monoisotopic (exact) mass is 394 g/mol. The van der Waals surface area contributed by atoms with E-state index >= 15 is 0 Å². The second-order valence-corrected chi connectivity index (χ2v) is 7.25. The predicted octanol–water partition coefficient (Wildman–Crippen LogP) is 1.15. The molecular formula is C20H34N4O4. The number of hydrogen-bond donors (Lipinski definition) is 4. The third-order valence-electron chi connectivity index (χ3n) is 4.92. The van der Waals surface area contributed by atoms with Gasteiger partial charge >= 0.3 is 5.69 Å². The van der Waals surface area contributed by atoms with Gasteiger partial charge in [-0.25, -0.2) is 4.79 Å². The van der Waals surface area contributed by atoms with Crippen molar-refractivity contribution in [3.63, 3.8) is 0 Å². The van der Waals surface area contributed by atoms with E-state index in [0.717, 1.165) is 25.9 Å². The van der Waals surface area contributed by atoms with Crippen LogP contribution in [0, 0.1) is 0 Å². The maximum atomic E-state index is 12.0. The molecule has 158 valence electrons. The first-order valence-electron chi connectivity index (χ1n) is 10.4. The Labute approximate surface area is 165 Å². The number of nitrogens with one attached hydrogen (secondary N) is 2. The van der Waals surface area contributed by atoms with Gasteiger partial charge in [-0.1, -0.05) is 44.6 Å². The highest BCUT2D eigenvalue weighted by Crippen LogP contribution is 2.18. The molecule has 2 atom stereocenters. The van der Waals surface area contributed by atoms with E-state index in [1.807, 2.05) is 0 Å². The Hall–Kier alpha value is -1.74. The van der Waals surface area contributed by atoms with Crippen LogP contribution < -0.4 is 22.3 Å². The molecule has 0 bridgehead atoms. The molecule has 8 nitrogen and oxygen atoms in total. The molecule has 5 N–H and O–H groups in total. The van der Waals surface area contributed by atoms with Gasteiger partial charge in [-0.3, -0.25) is 14.3 Å². The van der Waals surface area contributed by atoms with Crippen LogP contribution in [0.4, 0.5) is 0 Å². The maximum absolute atomic E-state index is 12.0. The number of nitrogens with two attached hydrogens (primary N) is 1. The Balaban J connectivity index is 1.69. The zero-order valence-corrected chi connectivity index (χ0v) is 16.6. The average molecular weight is 395 g/mol. The number of hydrogen-bond acceptors (Lipinski definition) is 6. The van der Waals surface area contributed by atoms with Crippen molar-refractivity contribution >= 4 is 0 Å². The van der Waals surface area contributed by atoms with Gasteiger partial charge in [0.2, 0.25) is 0 Å². The van der Waals surface area contributed by atoms with Gasteiger partial charge in [-0.2, -0.15) is 0 Å². The standard InChI is InChI=1S/C20H34N4O4/c21-11-7-5-3-1-2-4-6-8-12-22-13-16-14-24(20(27)23-19(16)26)18-10-9-17(15-25)28-18/h9-10,14,17-18,22,25H,1-8,11-13,15,21H2,(H,23,26,27)/t17-,18+/m0/s1. The molecule has 28 heavy (non-hydrogen) atoms. The van der Waals surface area contributed by atoms with E-state index in [1.165, 1.54) is 49.3 Å². The third-order valence-corrected chi connectivity index (χ3v) is 4.92. The van der Waals surface area contributed by atoms with E-state index in [4.69, 9.17) is 15.6 Å². The van der Waals surface area contributed by atoms with E-state index < -0.39 is 18.0 Å². The molecule has 0 radical (unpaired) electrons. The van der Waals surface area contributed by atoms with Crippen molar-refractivity contribution in [1.82, 2.24) is 14.9 Å². The topological polar surface area (TPSA) is 122 Å². The molecule has 0 fully saturated rings. The number of aromatic nitrogens is 2. The molecule has 8 heteroatoms. The third kappa shape index (κ3) is 7.35. The first-order chi connectivity index (χ1) is 13.7. The SMILES string of the molecule is NCCCCCCCCCCNCc1cn([C@H]2C=C[C@@H](CO)O2)c(=O)[nH]c1=O. The second kappa shape index (κ2) is 12.7. The molecule has 2 rings (SSSR count). The van der Waals surface area contributed by atoms with Gasteiger partial charge in [0.25, 0.3) is 5.56 Å². The highest BCUT2D eigenvalue weighted by molar-refractivity contribution is 5.08. The van der Waals surface area contributed by atoms with Crippen molar-refractivity contribution in [3.8, 4) is 0 Å². The lowest BCUT2D eigenvalue weighted by Crippen LogP contribution is -2.35. The van der Waals surface area contributed by atoms with Crippen LogP contribution in [0.5, 0.6) is 0 Å². The molecule has 0 unspecified atom stereocenters. The first-order valence-corrected chi connectivity index (χ1v) is 10.4. The van der Waals surface area contributed by atoms with Crippen LogP contribution in [0.3, 0.4) is 0 Å². The van der Waals surface area contributed by atoms with E-state index in [9.17, 15) is 9.59 Å². The molecule has 0 amide bonds. The summed E-state index contributed by atoms with van der Waals surface area (Å²) in [4.78, 5) is 26.4. The van der Waals surface area contributed by atoms with E-state index in [0.29, 0.717) is 12.1 Å². The Bertz CT molecular complexity index is 713. The summed E-state index contributed by atoms with van der Waals surface area (Å²) >= 11 is 0. The van der Waals surface area contributed by atoms with Crippen LogP contribution in [-0.4, -0.2) is 40.5 Å². The van der Waals surface area contributed by atoms with Crippen molar-refractivity contribution in [1.29, 1.82) is 0 Å². The fourth-order valence-electron chi connectivity index (χ4n) is 3.27. The molecule has 2 heterocycles. The number of unbranched alkanes of at least 4 members (excludes halogenated alkanes) is 7.